The van der Waals surface area contributed by atoms with Gasteiger partial charge >= 0.3 is 0 Å². The lowest BCUT2D eigenvalue weighted by Crippen LogP contribution is -2.11. The molecule has 0 radical (unpaired) electrons. The van der Waals surface area contributed by atoms with Gasteiger partial charge in [0.15, 0.2) is 10.8 Å². The number of anilines is 1. The summed E-state index contributed by atoms with van der Waals surface area (Å²) in [6, 6.07) is 7.46. The molecule has 0 saturated carbocycles. The fourth-order valence-electron chi connectivity index (χ4n) is 2.11. The number of thiazole rings is 1. The molecule has 1 amide bonds. The summed E-state index contributed by atoms with van der Waals surface area (Å²) in [5.74, 6) is 0.976. The van der Waals surface area contributed by atoms with Crippen molar-refractivity contribution in [2.24, 2.45) is 0 Å². The Morgan fingerprint density at radius 2 is 2.13 bits per heavy atom. The Balaban J connectivity index is 1.83. The fraction of sp³-hybridized carbons (Fsp3) is 0.188. The molecule has 0 aliphatic carbocycles. The van der Waals surface area contributed by atoms with Crippen LogP contribution in [0.15, 0.2) is 34.2 Å². The van der Waals surface area contributed by atoms with Crippen LogP contribution in [-0.2, 0) is 0 Å². The highest BCUT2D eigenvalue weighted by molar-refractivity contribution is 7.14. The Hall–Kier alpha value is -2.67. The Morgan fingerprint density at radius 3 is 2.83 bits per heavy atom. The Kier molecular flexibility index (Phi) is 4.12. The van der Waals surface area contributed by atoms with E-state index in [9.17, 15) is 4.79 Å². The third-order valence-electron chi connectivity index (χ3n) is 3.22. The second kappa shape index (κ2) is 6.21. The molecule has 3 rings (SSSR count). The van der Waals surface area contributed by atoms with E-state index < -0.39 is 0 Å². The van der Waals surface area contributed by atoms with Gasteiger partial charge in [-0.25, -0.2) is 4.98 Å². The molecular formula is C16H15N3O3S. The molecule has 0 bridgehead atoms. The second-order valence-corrected chi connectivity index (χ2v) is 5.88. The van der Waals surface area contributed by atoms with E-state index in [4.69, 9.17) is 9.26 Å². The monoisotopic (exact) mass is 329 g/mol. The molecule has 2 aromatic heterocycles. The van der Waals surface area contributed by atoms with Crippen LogP contribution in [0.5, 0.6) is 5.75 Å². The molecule has 0 aliphatic rings. The number of carbonyl (C=O) groups is 1. The van der Waals surface area contributed by atoms with Crippen LogP contribution in [0, 0.1) is 13.8 Å². The third kappa shape index (κ3) is 3.24. The molecule has 0 atom stereocenters. The largest absolute Gasteiger partial charge is 0.496 e. The third-order valence-corrected chi connectivity index (χ3v) is 3.97. The van der Waals surface area contributed by atoms with E-state index in [2.05, 4.69) is 15.5 Å². The van der Waals surface area contributed by atoms with Gasteiger partial charge in [-0.05, 0) is 26.0 Å². The molecule has 6 nitrogen and oxygen atoms in total. The molecule has 0 spiro atoms. The van der Waals surface area contributed by atoms with Crippen molar-refractivity contribution in [1.82, 2.24) is 10.1 Å². The molecule has 0 fully saturated rings. The molecule has 0 unspecified atom stereocenters. The number of aryl methyl sites for hydroxylation is 2. The van der Waals surface area contributed by atoms with Gasteiger partial charge in [0.2, 0.25) is 0 Å². The van der Waals surface area contributed by atoms with Crippen LogP contribution >= 0.6 is 11.3 Å². The summed E-state index contributed by atoms with van der Waals surface area (Å²) in [6.45, 7) is 3.74. The lowest BCUT2D eigenvalue weighted by atomic mass is 10.1. The normalized spacial score (nSPS) is 10.6. The number of hydrogen-bond donors (Lipinski definition) is 1. The van der Waals surface area contributed by atoms with Gasteiger partial charge in [-0.3, -0.25) is 10.1 Å². The highest BCUT2D eigenvalue weighted by Crippen LogP contribution is 2.33. The molecule has 1 aromatic carbocycles. The Bertz CT molecular complexity index is 854. The standard InChI is InChI=1S/C16H15N3O3S/c1-9-4-5-14(21-3)11(6-9)13-8-23-16(17-13)18-15(20)12-7-10(2)22-19-12/h4-8H,1-3H3,(H,17,18,20). The van der Waals surface area contributed by atoms with E-state index in [1.807, 2.05) is 30.5 Å². The predicted molar refractivity (Wildman–Crippen MR) is 88.0 cm³/mol. The summed E-state index contributed by atoms with van der Waals surface area (Å²) >= 11 is 1.34. The van der Waals surface area contributed by atoms with Crippen molar-refractivity contribution in [3.05, 3.63) is 46.7 Å². The SMILES string of the molecule is COc1ccc(C)cc1-c1csc(NC(=O)c2cc(C)on2)n1. The Morgan fingerprint density at radius 1 is 1.30 bits per heavy atom. The predicted octanol–water partition coefficient (Wildman–Crippen LogP) is 3.68. The van der Waals surface area contributed by atoms with Crippen LogP contribution in [0.3, 0.4) is 0 Å². The van der Waals surface area contributed by atoms with Gasteiger partial charge in [-0.15, -0.1) is 11.3 Å². The first-order chi connectivity index (χ1) is 11.1. The first-order valence-electron chi connectivity index (χ1n) is 6.92. The van der Waals surface area contributed by atoms with Gasteiger partial charge in [0.05, 0.1) is 12.8 Å². The number of nitrogens with zero attached hydrogens (tertiary/aromatic N) is 2. The summed E-state index contributed by atoms with van der Waals surface area (Å²) in [5, 5.41) is 8.78. The van der Waals surface area contributed by atoms with Gasteiger partial charge in [0, 0.05) is 17.0 Å². The van der Waals surface area contributed by atoms with Crippen LogP contribution in [0.1, 0.15) is 21.8 Å². The summed E-state index contributed by atoms with van der Waals surface area (Å²) in [5.41, 5.74) is 2.98. The van der Waals surface area contributed by atoms with Crippen molar-refractivity contribution < 1.29 is 14.1 Å². The first kappa shape index (κ1) is 15.2. The maximum atomic E-state index is 12.1. The van der Waals surface area contributed by atoms with Crippen LogP contribution in [0.2, 0.25) is 0 Å². The van der Waals surface area contributed by atoms with Crippen LogP contribution < -0.4 is 10.1 Å². The van der Waals surface area contributed by atoms with Crippen molar-refractivity contribution in [3.63, 3.8) is 0 Å². The highest BCUT2D eigenvalue weighted by atomic mass is 32.1. The summed E-state index contributed by atoms with van der Waals surface area (Å²) in [4.78, 5) is 16.5. The summed E-state index contributed by atoms with van der Waals surface area (Å²) in [6.07, 6.45) is 0. The summed E-state index contributed by atoms with van der Waals surface area (Å²) < 4.78 is 10.3. The van der Waals surface area contributed by atoms with Gasteiger partial charge in [-0.1, -0.05) is 16.8 Å². The van der Waals surface area contributed by atoms with E-state index in [1.54, 1.807) is 20.1 Å². The zero-order valence-electron chi connectivity index (χ0n) is 12.9. The van der Waals surface area contributed by atoms with E-state index >= 15 is 0 Å². The van der Waals surface area contributed by atoms with Crippen molar-refractivity contribution in [3.8, 4) is 17.0 Å². The van der Waals surface area contributed by atoms with Crippen LogP contribution in [-0.4, -0.2) is 23.2 Å². The van der Waals surface area contributed by atoms with E-state index in [-0.39, 0.29) is 11.6 Å². The van der Waals surface area contributed by atoms with Gasteiger partial charge in [-0.2, -0.15) is 0 Å². The number of rotatable bonds is 4. The molecule has 3 aromatic rings. The number of amides is 1. The first-order valence-corrected chi connectivity index (χ1v) is 7.80. The fourth-order valence-corrected chi connectivity index (χ4v) is 2.82. The van der Waals surface area contributed by atoms with Crippen LogP contribution in [0.25, 0.3) is 11.3 Å². The maximum Gasteiger partial charge on any atom is 0.279 e. The van der Waals surface area contributed by atoms with E-state index in [0.29, 0.717) is 10.9 Å². The second-order valence-electron chi connectivity index (χ2n) is 5.02. The maximum absolute atomic E-state index is 12.1. The number of methoxy groups -OCH3 is 1. The lowest BCUT2D eigenvalue weighted by Gasteiger charge is -2.07. The number of benzene rings is 1. The van der Waals surface area contributed by atoms with Gasteiger partial charge in [0.1, 0.15) is 11.5 Å². The average Bonchev–Trinajstić information content (AvgIpc) is 3.16. The van der Waals surface area contributed by atoms with Crippen molar-refractivity contribution in [2.45, 2.75) is 13.8 Å². The zero-order chi connectivity index (χ0) is 16.4. The molecule has 23 heavy (non-hydrogen) atoms. The minimum atomic E-state index is -0.348. The molecule has 0 saturated heterocycles. The van der Waals surface area contributed by atoms with E-state index in [0.717, 1.165) is 22.6 Å². The van der Waals surface area contributed by atoms with E-state index in [1.165, 1.54) is 11.3 Å². The minimum Gasteiger partial charge on any atom is -0.496 e. The quantitative estimate of drug-likeness (QED) is 0.790. The van der Waals surface area contributed by atoms with Crippen LogP contribution in [0.4, 0.5) is 5.13 Å². The number of ether oxygens (including phenoxy) is 1. The molecule has 2 heterocycles. The molecule has 1 N–H and O–H groups in total. The lowest BCUT2D eigenvalue weighted by molar-refractivity contribution is 0.101. The van der Waals surface area contributed by atoms with Crippen molar-refractivity contribution in [2.75, 3.05) is 12.4 Å². The Labute approximate surface area is 137 Å². The smallest absolute Gasteiger partial charge is 0.279 e. The van der Waals surface area contributed by atoms with Crippen molar-refractivity contribution in [1.29, 1.82) is 0 Å². The van der Waals surface area contributed by atoms with Gasteiger partial charge in [0.25, 0.3) is 5.91 Å². The van der Waals surface area contributed by atoms with Crippen molar-refractivity contribution >= 4 is 22.4 Å². The molecule has 0 aliphatic heterocycles. The molecular weight excluding hydrogens is 314 g/mol. The number of hydrogen-bond acceptors (Lipinski definition) is 6. The number of carbonyl (C=O) groups excluding carboxylic acids is 1. The minimum absolute atomic E-state index is 0.229. The topological polar surface area (TPSA) is 77.2 Å². The summed E-state index contributed by atoms with van der Waals surface area (Å²) in [7, 11) is 1.62. The van der Waals surface area contributed by atoms with Gasteiger partial charge < -0.3 is 9.26 Å². The molecule has 7 heteroatoms. The molecule has 118 valence electrons. The number of nitrogens with one attached hydrogen (secondary N) is 1. The number of aromatic nitrogens is 2. The average molecular weight is 329 g/mol. The highest BCUT2D eigenvalue weighted by Gasteiger charge is 2.15. The zero-order valence-corrected chi connectivity index (χ0v) is 13.7.